The van der Waals surface area contributed by atoms with E-state index < -0.39 is 0 Å². The Morgan fingerprint density at radius 1 is 1.32 bits per heavy atom. The van der Waals surface area contributed by atoms with Crippen molar-refractivity contribution in [1.82, 2.24) is 4.90 Å². The van der Waals surface area contributed by atoms with Crippen molar-refractivity contribution in [2.45, 2.75) is 39.2 Å². The van der Waals surface area contributed by atoms with E-state index in [-0.39, 0.29) is 5.91 Å². The quantitative estimate of drug-likeness (QED) is 0.878. The smallest absolute Gasteiger partial charge is 0.238 e. The standard InChI is InChI=1S/C17H26N2O3/c1-4-6-13(2)19(3)12-17(20)18-14-7-8-15-16(11-14)22-10-5-9-21-15/h7-8,11,13H,4-6,9-10,12H2,1-3H3,(H,18,20). The predicted molar refractivity (Wildman–Crippen MR) is 87.7 cm³/mol. The average molecular weight is 306 g/mol. The van der Waals surface area contributed by atoms with Crippen LogP contribution in [-0.2, 0) is 4.79 Å². The summed E-state index contributed by atoms with van der Waals surface area (Å²) in [5, 5.41) is 2.92. The van der Waals surface area contributed by atoms with Crippen molar-refractivity contribution in [3.05, 3.63) is 18.2 Å². The summed E-state index contributed by atoms with van der Waals surface area (Å²) in [5.74, 6) is 1.42. The van der Waals surface area contributed by atoms with Crippen LogP contribution in [0.3, 0.4) is 0 Å². The zero-order chi connectivity index (χ0) is 15.9. The molecule has 0 fully saturated rings. The van der Waals surface area contributed by atoms with Crippen LogP contribution in [0.5, 0.6) is 11.5 Å². The van der Waals surface area contributed by atoms with E-state index in [1.165, 1.54) is 0 Å². The molecule has 2 rings (SSSR count). The van der Waals surface area contributed by atoms with Crippen molar-refractivity contribution >= 4 is 11.6 Å². The zero-order valence-electron chi connectivity index (χ0n) is 13.7. The van der Waals surface area contributed by atoms with Crippen LogP contribution in [0.25, 0.3) is 0 Å². The lowest BCUT2D eigenvalue weighted by molar-refractivity contribution is -0.117. The minimum atomic E-state index is -0.0139. The number of nitrogens with zero attached hydrogens (tertiary/aromatic N) is 1. The van der Waals surface area contributed by atoms with Crippen LogP contribution < -0.4 is 14.8 Å². The molecular weight excluding hydrogens is 280 g/mol. The lowest BCUT2D eigenvalue weighted by Gasteiger charge is -2.23. The van der Waals surface area contributed by atoms with Gasteiger partial charge in [0.05, 0.1) is 19.8 Å². The summed E-state index contributed by atoms with van der Waals surface area (Å²) in [6, 6.07) is 5.92. The van der Waals surface area contributed by atoms with Gasteiger partial charge in [-0.3, -0.25) is 9.69 Å². The molecule has 1 N–H and O–H groups in total. The number of ether oxygens (including phenoxy) is 2. The minimum absolute atomic E-state index is 0.0139. The SMILES string of the molecule is CCCC(C)N(C)CC(=O)Nc1ccc2c(c1)OCCCO2. The fraction of sp³-hybridized carbons (Fsp3) is 0.588. The van der Waals surface area contributed by atoms with E-state index in [1.54, 1.807) is 0 Å². The number of hydrogen-bond acceptors (Lipinski definition) is 4. The molecule has 1 aliphatic rings. The molecule has 1 unspecified atom stereocenters. The topological polar surface area (TPSA) is 50.8 Å². The van der Waals surface area contributed by atoms with Gasteiger partial charge in [-0.1, -0.05) is 13.3 Å². The van der Waals surface area contributed by atoms with E-state index in [0.717, 1.165) is 30.7 Å². The van der Waals surface area contributed by atoms with E-state index in [0.29, 0.717) is 31.5 Å². The molecule has 0 bridgehead atoms. The molecular formula is C17H26N2O3. The number of likely N-dealkylation sites (N-methyl/N-ethyl adjacent to an activating group) is 1. The van der Waals surface area contributed by atoms with E-state index in [2.05, 4.69) is 24.1 Å². The van der Waals surface area contributed by atoms with Gasteiger partial charge in [0.15, 0.2) is 11.5 Å². The molecule has 5 heteroatoms. The van der Waals surface area contributed by atoms with Gasteiger partial charge in [0, 0.05) is 24.2 Å². The van der Waals surface area contributed by atoms with Crippen molar-refractivity contribution < 1.29 is 14.3 Å². The van der Waals surface area contributed by atoms with E-state index in [4.69, 9.17) is 9.47 Å². The van der Waals surface area contributed by atoms with Gasteiger partial charge >= 0.3 is 0 Å². The molecule has 0 radical (unpaired) electrons. The van der Waals surface area contributed by atoms with Crippen molar-refractivity contribution in [2.24, 2.45) is 0 Å². The van der Waals surface area contributed by atoms with E-state index in [9.17, 15) is 4.79 Å². The first kappa shape index (κ1) is 16.6. The van der Waals surface area contributed by atoms with E-state index >= 15 is 0 Å². The van der Waals surface area contributed by atoms with Gasteiger partial charge in [0.1, 0.15) is 0 Å². The van der Waals surface area contributed by atoms with Crippen LogP contribution in [-0.4, -0.2) is 43.7 Å². The molecule has 1 amide bonds. The lowest BCUT2D eigenvalue weighted by atomic mass is 10.2. The van der Waals surface area contributed by atoms with E-state index in [1.807, 2.05) is 25.2 Å². The second kappa shape index (κ2) is 8.03. The van der Waals surface area contributed by atoms with Crippen molar-refractivity contribution in [3.8, 4) is 11.5 Å². The average Bonchev–Trinajstić information content (AvgIpc) is 2.72. The summed E-state index contributed by atoms with van der Waals surface area (Å²) in [5.41, 5.74) is 0.741. The van der Waals surface area contributed by atoms with Crippen LogP contribution >= 0.6 is 0 Å². The number of nitrogens with one attached hydrogen (secondary N) is 1. The second-order valence-corrected chi connectivity index (χ2v) is 5.81. The maximum Gasteiger partial charge on any atom is 0.238 e. The number of rotatable bonds is 6. The molecule has 0 aromatic heterocycles. The summed E-state index contributed by atoms with van der Waals surface area (Å²) in [6.07, 6.45) is 3.08. The monoisotopic (exact) mass is 306 g/mol. The Morgan fingerprint density at radius 2 is 2.05 bits per heavy atom. The predicted octanol–water partition coefficient (Wildman–Crippen LogP) is 2.91. The number of carbonyl (C=O) groups excluding carboxylic acids is 1. The number of carbonyl (C=O) groups is 1. The molecule has 122 valence electrons. The van der Waals surface area contributed by atoms with Gasteiger partial charge in [-0.15, -0.1) is 0 Å². The van der Waals surface area contributed by atoms with Gasteiger partial charge in [-0.25, -0.2) is 0 Å². The highest BCUT2D eigenvalue weighted by Crippen LogP contribution is 2.32. The third-order valence-electron chi connectivity index (χ3n) is 3.88. The molecule has 0 saturated heterocycles. The molecule has 1 aromatic rings. The summed E-state index contributed by atoms with van der Waals surface area (Å²) in [7, 11) is 1.98. The molecule has 0 spiro atoms. The van der Waals surface area contributed by atoms with Crippen LogP contribution in [0, 0.1) is 0 Å². The Labute approximate surface area is 132 Å². The lowest BCUT2D eigenvalue weighted by Crippen LogP contribution is -2.36. The molecule has 1 heterocycles. The first-order chi connectivity index (χ1) is 10.6. The maximum atomic E-state index is 12.1. The minimum Gasteiger partial charge on any atom is -0.490 e. The maximum absolute atomic E-state index is 12.1. The first-order valence-electron chi connectivity index (χ1n) is 8.00. The summed E-state index contributed by atoms with van der Waals surface area (Å²) in [4.78, 5) is 14.2. The zero-order valence-corrected chi connectivity index (χ0v) is 13.7. The third-order valence-corrected chi connectivity index (χ3v) is 3.88. The van der Waals surface area contributed by atoms with Crippen molar-refractivity contribution in [1.29, 1.82) is 0 Å². The number of hydrogen-bond donors (Lipinski definition) is 1. The van der Waals surface area contributed by atoms with Gasteiger partial charge in [0.2, 0.25) is 5.91 Å². The fourth-order valence-corrected chi connectivity index (χ4v) is 2.46. The van der Waals surface area contributed by atoms with Crippen LogP contribution in [0.1, 0.15) is 33.1 Å². The Hall–Kier alpha value is -1.75. The van der Waals surface area contributed by atoms with Gasteiger partial charge < -0.3 is 14.8 Å². The van der Waals surface area contributed by atoms with Gasteiger partial charge in [0.25, 0.3) is 0 Å². The van der Waals surface area contributed by atoms with Gasteiger partial charge in [-0.05, 0) is 32.5 Å². The van der Waals surface area contributed by atoms with Crippen LogP contribution in [0.2, 0.25) is 0 Å². The Morgan fingerprint density at radius 3 is 2.77 bits per heavy atom. The Balaban J connectivity index is 1.93. The Kier molecular flexibility index (Phi) is 6.07. The number of anilines is 1. The highest BCUT2D eigenvalue weighted by Gasteiger charge is 2.14. The van der Waals surface area contributed by atoms with Crippen LogP contribution in [0.15, 0.2) is 18.2 Å². The van der Waals surface area contributed by atoms with Crippen LogP contribution in [0.4, 0.5) is 5.69 Å². The molecule has 1 aromatic carbocycles. The van der Waals surface area contributed by atoms with Crippen molar-refractivity contribution in [3.63, 3.8) is 0 Å². The third kappa shape index (κ3) is 4.63. The fourth-order valence-electron chi connectivity index (χ4n) is 2.46. The second-order valence-electron chi connectivity index (χ2n) is 5.81. The highest BCUT2D eigenvalue weighted by atomic mass is 16.5. The number of fused-ring (bicyclic) bond motifs is 1. The normalized spacial score (nSPS) is 15.3. The molecule has 0 saturated carbocycles. The first-order valence-corrected chi connectivity index (χ1v) is 8.00. The summed E-state index contributed by atoms with van der Waals surface area (Å²) < 4.78 is 11.2. The van der Waals surface area contributed by atoms with Gasteiger partial charge in [-0.2, -0.15) is 0 Å². The summed E-state index contributed by atoms with van der Waals surface area (Å²) in [6.45, 7) is 5.99. The molecule has 22 heavy (non-hydrogen) atoms. The molecule has 5 nitrogen and oxygen atoms in total. The summed E-state index contributed by atoms with van der Waals surface area (Å²) >= 11 is 0. The highest BCUT2D eigenvalue weighted by molar-refractivity contribution is 5.92. The number of amides is 1. The number of benzene rings is 1. The van der Waals surface area contributed by atoms with Crippen molar-refractivity contribution in [2.75, 3.05) is 32.1 Å². The molecule has 1 atom stereocenters. The molecule has 1 aliphatic heterocycles. The Bertz CT molecular complexity index is 505. The largest absolute Gasteiger partial charge is 0.490 e. The molecule has 0 aliphatic carbocycles.